The number of rotatable bonds is 6. The lowest BCUT2D eigenvalue weighted by Crippen LogP contribution is -2.25. The number of aromatic hydroxyl groups is 2. The first-order valence-electron chi connectivity index (χ1n) is 12.7. The predicted molar refractivity (Wildman–Crippen MR) is 139 cm³/mol. The summed E-state index contributed by atoms with van der Waals surface area (Å²) in [7, 11) is 0. The van der Waals surface area contributed by atoms with E-state index in [1.807, 2.05) is 0 Å². The number of nitro groups is 1. The molecule has 9 nitrogen and oxygen atoms in total. The molecule has 1 saturated heterocycles. The van der Waals surface area contributed by atoms with E-state index < -0.39 is 33.6 Å². The molecule has 2 aliphatic heterocycles. The van der Waals surface area contributed by atoms with Crippen molar-refractivity contribution < 1.29 is 37.8 Å². The number of nitriles is 1. The van der Waals surface area contributed by atoms with Crippen molar-refractivity contribution in [1.82, 2.24) is 4.57 Å². The summed E-state index contributed by atoms with van der Waals surface area (Å²) >= 11 is 0. The average Bonchev–Trinajstić information content (AvgIpc) is 3.51. The van der Waals surface area contributed by atoms with Gasteiger partial charge in [-0.15, -0.1) is 0 Å². The number of aromatic nitrogens is 1. The molecule has 3 aromatic carbocycles. The number of ether oxygens (including phenoxy) is 2. The van der Waals surface area contributed by atoms with E-state index in [2.05, 4.69) is 6.07 Å². The van der Waals surface area contributed by atoms with Crippen molar-refractivity contribution in [3.8, 4) is 29.3 Å². The summed E-state index contributed by atoms with van der Waals surface area (Å²) in [6.07, 6.45) is -3.85. The first-order valence-corrected chi connectivity index (χ1v) is 12.7. The Balaban J connectivity index is 1.36. The van der Waals surface area contributed by atoms with E-state index >= 15 is 0 Å². The van der Waals surface area contributed by atoms with Gasteiger partial charge in [0.05, 0.1) is 45.6 Å². The fourth-order valence-electron chi connectivity index (χ4n) is 6.24. The Kier molecular flexibility index (Phi) is 5.73. The molecule has 41 heavy (non-hydrogen) atoms. The van der Waals surface area contributed by atoms with Crippen LogP contribution in [0.2, 0.25) is 0 Å². The molecule has 3 heterocycles. The minimum absolute atomic E-state index is 0.124. The summed E-state index contributed by atoms with van der Waals surface area (Å²) < 4.78 is 53.5. The number of hydrogen-bond donors (Lipinski definition) is 2. The zero-order valence-corrected chi connectivity index (χ0v) is 21.5. The number of halogens is 3. The fraction of sp³-hybridized carbons (Fsp3) is 0.276. The van der Waals surface area contributed by atoms with Gasteiger partial charge in [-0.05, 0) is 44.0 Å². The second kappa shape index (κ2) is 8.87. The Labute approximate surface area is 230 Å². The molecule has 0 amide bonds. The van der Waals surface area contributed by atoms with Crippen LogP contribution in [-0.2, 0) is 22.1 Å². The average molecular weight is 566 g/mol. The normalized spacial score (nSPS) is 21.1. The van der Waals surface area contributed by atoms with Crippen molar-refractivity contribution in [2.75, 3.05) is 6.61 Å². The highest BCUT2D eigenvalue weighted by Crippen LogP contribution is 2.65. The van der Waals surface area contributed by atoms with Crippen LogP contribution in [0.1, 0.15) is 48.4 Å². The Hall–Kier alpha value is -4.76. The molecule has 0 spiro atoms. The molecule has 2 bridgehead atoms. The van der Waals surface area contributed by atoms with E-state index in [-0.39, 0.29) is 30.5 Å². The van der Waals surface area contributed by atoms with Crippen molar-refractivity contribution in [2.45, 2.75) is 43.6 Å². The van der Waals surface area contributed by atoms with Gasteiger partial charge in [-0.2, -0.15) is 18.4 Å². The number of fused-ring (bicyclic) bond motifs is 6. The number of nitro benzene ring substituents is 1. The Bertz CT molecular complexity index is 1790. The van der Waals surface area contributed by atoms with Gasteiger partial charge in [-0.1, -0.05) is 24.3 Å². The van der Waals surface area contributed by atoms with Gasteiger partial charge in [-0.3, -0.25) is 14.7 Å². The SMILES string of the molecule is C[C@@]12CC[C@@](CCOc3ccc([N+](=O)[O-])c(C(F)(F)F)c3)(O1)c1c2c(O)n(-c2ccc(C#N)c3ccccc23)c1O. The molecule has 0 aliphatic carbocycles. The smallest absolute Gasteiger partial charge is 0.423 e. The van der Waals surface area contributed by atoms with E-state index in [1.54, 1.807) is 43.3 Å². The minimum Gasteiger partial charge on any atom is -0.494 e. The summed E-state index contributed by atoms with van der Waals surface area (Å²) in [6.45, 7) is 1.67. The molecule has 12 heteroatoms. The highest BCUT2D eigenvalue weighted by molar-refractivity contribution is 5.95. The number of alkyl halides is 3. The van der Waals surface area contributed by atoms with Gasteiger partial charge in [0.25, 0.3) is 5.69 Å². The van der Waals surface area contributed by atoms with Crippen LogP contribution in [-0.4, -0.2) is 26.3 Å². The van der Waals surface area contributed by atoms with Gasteiger partial charge < -0.3 is 19.7 Å². The fourth-order valence-corrected chi connectivity index (χ4v) is 6.24. The van der Waals surface area contributed by atoms with Crippen molar-refractivity contribution in [3.63, 3.8) is 0 Å². The van der Waals surface area contributed by atoms with E-state index in [4.69, 9.17) is 9.47 Å². The summed E-state index contributed by atoms with van der Waals surface area (Å²) in [4.78, 5) is 9.96. The van der Waals surface area contributed by atoms with Crippen LogP contribution in [0.25, 0.3) is 16.5 Å². The van der Waals surface area contributed by atoms with Crippen LogP contribution in [0.4, 0.5) is 18.9 Å². The van der Waals surface area contributed by atoms with Crippen molar-refractivity contribution >= 4 is 16.5 Å². The molecule has 2 atom stereocenters. The van der Waals surface area contributed by atoms with Crippen LogP contribution >= 0.6 is 0 Å². The topological polar surface area (TPSA) is 131 Å². The van der Waals surface area contributed by atoms with Gasteiger partial charge in [0.15, 0.2) is 0 Å². The molecule has 2 N–H and O–H groups in total. The minimum atomic E-state index is -4.95. The lowest BCUT2D eigenvalue weighted by Gasteiger charge is -2.26. The van der Waals surface area contributed by atoms with Crippen LogP contribution < -0.4 is 4.74 Å². The van der Waals surface area contributed by atoms with Crippen molar-refractivity contribution in [3.05, 3.63) is 87.0 Å². The summed E-state index contributed by atoms with van der Waals surface area (Å²) in [5.41, 5.74) is -2.81. The number of hydrogen-bond acceptors (Lipinski definition) is 7. The third-order valence-electron chi connectivity index (χ3n) is 8.04. The Morgan fingerprint density at radius 1 is 1.10 bits per heavy atom. The first kappa shape index (κ1) is 26.5. The molecular formula is C29H22F3N3O6. The van der Waals surface area contributed by atoms with Crippen LogP contribution in [0.15, 0.2) is 54.6 Å². The molecule has 0 saturated carbocycles. The zero-order chi connectivity index (χ0) is 29.3. The lowest BCUT2D eigenvalue weighted by molar-refractivity contribution is -0.388. The van der Waals surface area contributed by atoms with Crippen LogP contribution in [0, 0.1) is 21.4 Å². The monoisotopic (exact) mass is 565 g/mol. The molecular weight excluding hydrogens is 543 g/mol. The van der Waals surface area contributed by atoms with Gasteiger partial charge in [0.2, 0.25) is 11.8 Å². The quantitative estimate of drug-likeness (QED) is 0.200. The van der Waals surface area contributed by atoms with Crippen molar-refractivity contribution in [1.29, 1.82) is 5.26 Å². The van der Waals surface area contributed by atoms with E-state index in [0.29, 0.717) is 52.1 Å². The molecule has 1 fully saturated rings. The van der Waals surface area contributed by atoms with E-state index in [9.17, 15) is 38.8 Å². The predicted octanol–water partition coefficient (Wildman–Crippen LogP) is 6.54. The van der Waals surface area contributed by atoms with Crippen LogP contribution in [0.3, 0.4) is 0 Å². The van der Waals surface area contributed by atoms with Crippen molar-refractivity contribution in [2.24, 2.45) is 0 Å². The highest BCUT2D eigenvalue weighted by atomic mass is 19.4. The van der Waals surface area contributed by atoms with E-state index in [1.165, 1.54) is 4.57 Å². The molecule has 4 aromatic rings. The molecule has 6 rings (SSSR count). The molecule has 2 aliphatic rings. The van der Waals surface area contributed by atoms with Gasteiger partial charge in [0, 0.05) is 23.3 Å². The molecule has 210 valence electrons. The number of nitrogens with zero attached hydrogens (tertiary/aromatic N) is 3. The molecule has 0 unspecified atom stereocenters. The Morgan fingerprint density at radius 2 is 1.80 bits per heavy atom. The second-order valence-corrected chi connectivity index (χ2v) is 10.4. The largest absolute Gasteiger partial charge is 0.494 e. The summed E-state index contributed by atoms with van der Waals surface area (Å²) in [6, 6.07) is 15.0. The highest BCUT2D eigenvalue weighted by Gasteiger charge is 2.61. The van der Waals surface area contributed by atoms with Gasteiger partial charge in [-0.25, -0.2) is 0 Å². The van der Waals surface area contributed by atoms with Gasteiger partial charge in [0.1, 0.15) is 16.9 Å². The number of benzene rings is 3. The molecule has 1 aromatic heterocycles. The van der Waals surface area contributed by atoms with Gasteiger partial charge >= 0.3 is 6.18 Å². The summed E-state index contributed by atoms with van der Waals surface area (Å²) in [5, 5.41) is 44.8. The standard InChI is InChI=1S/C29H22F3N3O6/c1-27-10-11-28(41-27,12-13-40-17-7-9-22(35(38)39)20(14-17)29(30,31)32)24-23(27)25(36)34(26(24)37)21-8-6-16(15-33)18-4-2-3-5-19(18)21/h2-9,14,36-37H,10-13H2,1H3/t27-,28-/m0/s1. The maximum Gasteiger partial charge on any atom is 0.423 e. The molecule has 0 radical (unpaired) electrons. The first-order chi connectivity index (χ1) is 19.4. The van der Waals surface area contributed by atoms with Crippen LogP contribution in [0.5, 0.6) is 17.5 Å². The maximum absolute atomic E-state index is 13.4. The summed E-state index contributed by atoms with van der Waals surface area (Å²) in [5.74, 6) is -0.653. The second-order valence-electron chi connectivity index (χ2n) is 10.4. The van der Waals surface area contributed by atoms with E-state index in [0.717, 1.165) is 12.1 Å². The third kappa shape index (κ3) is 3.88. The lowest BCUT2D eigenvalue weighted by atomic mass is 9.78. The third-order valence-corrected chi connectivity index (χ3v) is 8.04. The zero-order valence-electron chi connectivity index (χ0n) is 21.5. The Morgan fingerprint density at radius 3 is 2.49 bits per heavy atom. The maximum atomic E-state index is 13.4.